The number of ketones is 1. The van der Waals surface area contributed by atoms with E-state index in [1.807, 2.05) is 18.2 Å². The summed E-state index contributed by atoms with van der Waals surface area (Å²) in [4.78, 5) is 10.7. The first-order chi connectivity index (χ1) is 8.79. The summed E-state index contributed by atoms with van der Waals surface area (Å²) in [6.45, 7) is 3.21. The van der Waals surface area contributed by atoms with E-state index >= 15 is 0 Å². The van der Waals surface area contributed by atoms with Crippen LogP contribution in [0.15, 0.2) is 30.3 Å². The molecule has 0 aliphatic rings. The van der Waals surface area contributed by atoms with Crippen LogP contribution < -0.4 is 0 Å². The fourth-order valence-electron chi connectivity index (χ4n) is 1.87. The minimum Gasteiger partial charge on any atom is -0.377 e. The second-order valence-corrected chi connectivity index (χ2v) is 4.76. The van der Waals surface area contributed by atoms with Crippen LogP contribution in [0.2, 0.25) is 0 Å². The Hall–Kier alpha value is -1.15. The second-order valence-electron chi connectivity index (χ2n) is 4.76. The van der Waals surface area contributed by atoms with E-state index in [-0.39, 0.29) is 0 Å². The van der Waals surface area contributed by atoms with Crippen molar-refractivity contribution in [2.24, 2.45) is 0 Å². The third-order valence-electron chi connectivity index (χ3n) is 2.93. The molecule has 0 unspecified atom stereocenters. The zero-order valence-corrected chi connectivity index (χ0v) is 11.4. The zero-order chi connectivity index (χ0) is 13.1. The molecule has 0 bridgehead atoms. The molecule has 2 heteroatoms. The fourth-order valence-corrected chi connectivity index (χ4v) is 1.87. The van der Waals surface area contributed by atoms with Crippen molar-refractivity contribution in [1.29, 1.82) is 0 Å². The van der Waals surface area contributed by atoms with Gasteiger partial charge in [0, 0.05) is 13.0 Å². The molecule has 0 amide bonds. The summed E-state index contributed by atoms with van der Waals surface area (Å²) >= 11 is 0. The summed E-state index contributed by atoms with van der Waals surface area (Å²) in [6.07, 6.45) is 6.48. The smallest absolute Gasteiger partial charge is 0.129 e. The van der Waals surface area contributed by atoms with Crippen molar-refractivity contribution >= 4 is 5.78 Å². The predicted molar refractivity (Wildman–Crippen MR) is 74.5 cm³/mol. The van der Waals surface area contributed by atoms with Crippen LogP contribution in [0.4, 0.5) is 0 Å². The van der Waals surface area contributed by atoms with Crippen LogP contribution in [0.1, 0.15) is 51.0 Å². The summed E-state index contributed by atoms with van der Waals surface area (Å²) < 4.78 is 5.61. The molecule has 0 saturated carbocycles. The minimum atomic E-state index is 0.307. The molecule has 18 heavy (non-hydrogen) atoms. The summed E-state index contributed by atoms with van der Waals surface area (Å²) in [7, 11) is 0. The van der Waals surface area contributed by atoms with E-state index in [0.717, 1.165) is 32.3 Å². The fraction of sp³-hybridized carbons (Fsp3) is 0.562. The highest BCUT2D eigenvalue weighted by molar-refractivity contribution is 5.75. The lowest BCUT2D eigenvalue weighted by Gasteiger charge is -2.04. The van der Waals surface area contributed by atoms with Gasteiger partial charge in [0.1, 0.15) is 5.78 Å². The van der Waals surface area contributed by atoms with Crippen LogP contribution in [-0.4, -0.2) is 12.4 Å². The number of unbranched alkanes of at least 4 members (excludes halogenated alkanes) is 4. The molecule has 0 spiro atoms. The van der Waals surface area contributed by atoms with Crippen molar-refractivity contribution in [3.63, 3.8) is 0 Å². The monoisotopic (exact) mass is 248 g/mol. The van der Waals surface area contributed by atoms with Gasteiger partial charge in [-0.05, 0) is 25.3 Å². The Morgan fingerprint density at radius 3 is 2.39 bits per heavy atom. The predicted octanol–water partition coefficient (Wildman–Crippen LogP) is 4.13. The molecule has 0 aromatic heterocycles. The molecule has 0 saturated heterocycles. The number of Topliss-reactive ketones (excluding diaryl/α,β-unsaturated/α-hetero) is 1. The van der Waals surface area contributed by atoms with E-state index in [1.54, 1.807) is 6.92 Å². The number of carbonyl (C=O) groups excluding carboxylic acids is 1. The number of rotatable bonds is 10. The second kappa shape index (κ2) is 9.84. The van der Waals surface area contributed by atoms with Gasteiger partial charge in [-0.3, -0.25) is 0 Å². The molecule has 1 rings (SSSR count). The van der Waals surface area contributed by atoms with Crippen molar-refractivity contribution < 1.29 is 9.53 Å². The van der Waals surface area contributed by atoms with Crippen LogP contribution in [-0.2, 0) is 16.1 Å². The third kappa shape index (κ3) is 8.02. The average Bonchev–Trinajstić information content (AvgIpc) is 2.37. The molecule has 0 aliphatic carbocycles. The molecule has 100 valence electrons. The van der Waals surface area contributed by atoms with Crippen LogP contribution >= 0.6 is 0 Å². The standard InChI is InChI=1S/C16H24O2/c1-15(17)10-6-3-2-4-9-13-18-14-16-11-7-5-8-12-16/h5,7-8,11-12H,2-4,6,9-10,13-14H2,1H3. The third-order valence-corrected chi connectivity index (χ3v) is 2.93. The minimum absolute atomic E-state index is 0.307. The van der Waals surface area contributed by atoms with Gasteiger partial charge in [-0.2, -0.15) is 0 Å². The van der Waals surface area contributed by atoms with Crippen LogP contribution in [0.25, 0.3) is 0 Å². The van der Waals surface area contributed by atoms with Crippen LogP contribution in [0.3, 0.4) is 0 Å². The van der Waals surface area contributed by atoms with E-state index < -0.39 is 0 Å². The lowest BCUT2D eigenvalue weighted by molar-refractivity contribution is -0.117. The Labute approximate surface area is 110 Å². The van der Waals surface area contributed by atoms with Gasteiger partial charge in [-0.15, -0.1) is 0 Å². The van der Waals surface area contributed by atoms with Crippen molar-refractivity contribution in [3.8, 4) is 0 Å². The van der Waals surface area contributed by atoms with Crippen molar-refractivity contribution in [2.75, 3.05) is 6.61 Å². The van der Waals surface area contributed by atoms with Gasteiger partial charge in [0.25, 0.3) is 0 Å². The van der Waals surface area contributed by atoms with E-state index in [2.05, 4.69) is 12.1 Å². The number of carbonyl (C=O) groups is 1. The maximum atomic E-state index is 10.7. The quantitative estimate of drug-likeness (QED) is 0.582. The average molecular weight is 248 g/mol. The molecule has 1 aromatic rings. The highest BCUT2D eigenvalue weighted by Gasteiger charge is 1.95. The lowest BCUT2D eigenvalue weighted by atomic mass is 10.1. The molecular weight excluding hydrogens is 224 g/mol. The van der Waals surface area contributed by atoms with E-state index in [1.165, 1.54) is 18.4 Å². The number of ether oxygens (including phenoxy) is 1. The molecule has 0 fully saturated rings. The zero-order valence-electron chi connectivity index (χ0n) is 11.4. The van der Waals surface area contributed by atoms with Gasteiger partial charge in [0.05, 0.1) is 6.61 Å². The molecule has 0 N–H and O–H groups in total. The van der Waals surface area contributed by atoms with Gasteiger partial charge in [-0.25, -0.2) is 0 Å². The van der Waals surface area contributed by atoms with Crippen molar-refractivity contribution in [3.05, 3.63) is 35.9 Å². The van der Waals surface area contributed by atoms with Gasteiger partial charge >= 0.3 is 0 Å². The maximum Gasteiger partial charge on any atom is 0.129 e. The largest absolute Gasteiger partial charge is 0.377 e. The first-order valence-electron chi connectivity index (χ1n) is 6.90. The first-order valence-corrected chi connectivity index (χ1v) is 6.90. The molecule has 0 aliphatic heterocycles. The van der Waals surface area contributed by atoms with Crippen molar-refractivity contribution in [2.45, 2.75) is 52.1 Å². The first kappa shape index (κ1) is 14.9. The van der Waals surface area contributed by atoms with E-state index in [0.29, 0.717) is 12.4 Å². The topological polar surface area (TPSA) is 26.3 Å². The Morgan fingerprint density at radius 1 is 1.00 bits per heavy atom. The maximum absolute atomic E-state index is 10.7. The summed E-state index contributed by atoms with van der Waals surface area (Å²) in [6, 6.07) is 10.3. The molecule has 0 heterocycles. The Kier molecular flexibility index (Phi) is 8.15. The highest BCUT2D eigenvalue weighted by Crippen LogP contribution is 2.07. The Bertz CT molecular complexity index is 319. The van der Waals surface area contributed by atoms with E-state index in [9.17, 15) is 4.79 Å². The van der Waals surface area contributed by atoms with Gasteiger partial charge in [0.15, 0.2) is 0 Å². The normalized spacial score (nSPS) is 10.5. The highest BCUT2D eigenvalue weighted by atomic mass is 16.5. The summed E-state index contributed by atoms with van der Waals surface area (Å²) in [5.74, 6) is 0.307. The summed E-state index contributed by atoms with van der Waals surface area (Å²) in [5.41, 5.74) is 1.24. The van der Waals surface area contributed by atoms with Gasteiger partial charge < -0.3 is 9.53 Å². The number of benzene rings is 1. The molecule has 0 radical (unpaired) electrons. The van der Waals surface area contributed by atoms with Crippen LogP contribution in [0, 0.1) is 0 Å². The molecule has 0 atom stereocenters. The number of hydrogen-bond acceptors (Lipinski definition) is 2. The van der Waals surface area contributed by atoms with Gasteiger partial charge in [-0.1, -0.05) is 49.6 Å². The Morgan fingerprint density at radius 2 is 1.67 bits per heavy atom. The Balaban J connectivity index is 1.86. The SMILES string of the molecule is CC(=O)CCCCCCCOCc1ccccc1. The van der Waals surface area contributed by atoms with Crippen molar-refractivity contribution in [1.82, 2.24) is 0 Å². The molecule has 1 aromatic carbocycles. The molecular formula is C16H24O2. The van der Waals surface area contributed by atoms with E-state index in [4.69, 9.17) is 4.74 Å². The van der Waals surface area contributed by atoms with Crippen LogP contribution in [0.5, 0.6) is 0 Å². The molecule has 2 nitrogen and oxygen atoms in total. The lowest BCUT2D eigenvalue weighted by Crippen LogP contribution is -1.95. The summed E-state index contributed by atoms with van der Waals surface area (Å²) in [5, 5.41) is 0. The number of hydrogen-bond donors (Lipinski definition) is 0. The van der Waals surface area contributed by atoms with Gasteiger partial charge in [0.2, 0.25) is 0 Å².